The predicted octanol–water partition coefficient (Wildman–Crippen LogP) is 3.24. The van der Waals surface area contributed by atoms with Crippen molar-refractivity contribution < 1.29 is 9.53 Å². The Morgan fingerprint density at radius 2 is 1.93 bits per heavy atom. The number of benzene rings is 2. The fourth-order valence-electron chi connectivity index (χ4n) is 3.37. The number of carbonyl (C=O) groups is 1. The summed E-state index contributed by atoms with van der Waals surface area (Å²) in [5.41, 5.74) is 4.56. The van der Waals surface area contributed by atoms with Crippen LogP contribution in [0.5, 0.6) is 5.88 Å². The third kappa shape index (κ3) is 4.55. The van der Waals surface area contributed by atoms with Crippen molar-refractivity contribution in [2.24, 2.45) is 0 Å². The molecule has 1 aliphatic rings. The molecule has 2 heterocycles. The molecule has 0 atom stereocenters. The number of amides is 1. The molecular weight excluding hydrogens is 378 g/mol. The fourth-order valence-corrected chi connectivity index (χ4v) is 3.37. The Labute approximate surface area is 175 Å². The van der Waals surface area contributed by atoms with Crippen LogP contribution in [0.1, 0.15) is 22.4 Å². The lowest BCUT2D eigenvalue weighted by Crippen LogP contribution is -2.32. The van der Waals surface area contributed by atoms with Gasteiger partial charge in [-0.1, -0.05) is 24.3 Å². The zero-order valence-electron chi connectivity index (χ0n) is 16.6. The van der Waals surface area contributed by atoms with Gasteiger partial charge in [-0.15, -0.1) is 0 Å². The normalized spacial score (nSPS) is 12.6. The summed E-state index contributed by atoms with van der Waals surface area (Å²) in [6.07, 6.45) is 0.941. The van der Waals surface area contributed by atoms with Gasteiger partial charge < -0.3 is 15.0 Å². The molecule has 0 aliphatic carbocycles. The molecule has 1 aliphatic heterocycles. The van der Waals surface area contributed by atoms with Crippen molar-refractivity contribution in [3.8, 4) is 11.9 Å². The Bertz CT molecular complexity index is 1110. The summed E-state index contributed by atoms with van der Waals surface area (Å²) in [4.78, 5) is 23.4. The molecule has 7 heteroatoms. The van der Waals surface area contributed by atoms with Gasteiger partial charge in [-0.25, -0.2) is 4.98 Å². The van der Waals surface area contributed by atoms with Crippen LogP contribution in [-0.2, 0) is 17.8 Å². The molecule has 0 bridgehead atoms. The molecule has 0 saturated heterocycles. The SMILES string of the molecule is Cc1cc(OCC(=O)Nc2ccc(C#N)cc2)nc(N2CCc3ccccc3C2)n1. The van der Waals surface area contributed by atoms with E-state index in [4.69, 9.17) is 10.00 Å². The van der Waals surface area contributed by atoms with E-state index in [1.54, 1.807) is 30.3 Å². The third-order valence-corrected chi connectivity index (χ3v) is 4.88. The molecule has 30 heavy (non-hydrogen) atoms. The van der Waals surface area contributed by atoms with E-state index in [1.807, 2.05) is 19.1 Å². The van der Waals surface area contributed by atoms with Crippen LogP contribution in [0, 0.1) is 18.3 Å². The number of nitrogens with zero attached hydrogens (tertiary/aromatic N) is 4. The van der Waals surface area contributed by atoms with Crippen LogP contribution in [0.15, 0.2) is 54.6 Å². The fraction of sp³-hybridized carbons (Fsp3) is 0.217. The zero-order chi connectivity index (χ0) is 20.9. The van der Waals surface area contributed by atoms with Gasteiger partial charge in [0.05, 0.1) is 11.6 Å². The van der Waals surface area contributed by atoms with Crippen molar-refractivity contribution in [3.05, 3.63) is 77.0 Å². The minimum Gasteiger partial charge on any atom is -0.467 e. The van der Waals surface area contributed by atoms with E-state index < -0.39 is 0 Å². The highest BCUT2D eigenvalue weighted by Crippen LogP contribution is 2.23. The van der Waals surface area contributed by atoms with Crippen molar-refractivity contribution in [1.29, 1.82) is 5.26 Å². The molecule has 3 aromatic rings. The Balaban J connectivity index is 1.40. The number of anilines is 2. The van der Waals surface area contributed by atoms with Crippen LogP contribution in [0.3, 0.4) is 0 Å². The molecule has 1 amide bonds. The second-order valence-electron chi connectivity index (χ2n) is 7.11. The monoisotopic (exact) mass is 399 g/mol. The van der Waals surface area contributed by atoms with Gasteiger partial charge in [-0.3, -0.25) is 4.79 Å². The van der Waals surface area contributed by atoms with Crippen LogP contribution in [0.25, 0.3) is 0 Å². The first-order valence-electron chi connectivity index (χ1n) is 9.71. The summed E-state index contributed by atoms with van der Waals surface area (Å²) in [7, 11) is 0. The van der Waals surface area contributed by atoms with Crippen molar-refractivity contribution >= 4 is 17.5 Å². The molecule has 150 valence electrons. The van der Waals surface area contributed by atoms with Gasteiger partial charge in [0.2, 0.25) is 11.8 Å². The number of fused-ring (bicyclic) bond motifs is 1. The number of ether oxygens (including phenoxy) is 1. The topological polar surface area (TPSA) is 91.1 Å². The molecule has 1 N–H and O–H groups in total. The average molecular weight is 399 g/mol. The summed E-state index contributed by atoms with van der Waals surface area (Å²) < 4.78 is 5.62. The first-order chi connectivity index (χ1) is 14.6. The van der Waals surface area contributed by atoms with Crippen LogP contribution in [-0.4, -0.2) is 29.0 Å². The maximum absolute atomic E-state index is 12.2. The summed E-state index contributed by atoms with van der Waals surface area (Å²) in [6.45, 7) is 3.29. The van der Waals surface area contributed by atoms with Gasteiger partial charge in [0.1, 0.15) is 0 Å². The standard InChI is InChI=1S/C23H21N5O2/c1-16-12-22(30-15-21(29)26-20-8-6-17(13-24)7-9-20)27-23(25-16)28-11-10-18-4-2-3-5-19(18)14-28/h2-9,12H,10-11,14-15H2,1H3,(H,26,29). The van der Waals surface area contributed by atoms with E-state index in [0.29, 0.717) is 23.1 Å². The lowest BCUT2D eigenvalue weighted by molar-refractivity contribution is -0.118. The highest BCUT2D eigenvalue weighted by atomic mass is 16.5. The first-order valence-corrected chi connectivity index (χ1v) is 9.71. The van der Waals surface area contributed by atoms with Crippen molar-refractivity contribution in [2.75, 3.05) is 23.4 Å². The van der Waals surface area contributed by atoms with E-state index in [2.05, 4.69) is 38.4 Å². The van der Waals surface area contributed by atoms with E-state index in [0.717, 1.165) is 25.2 Å². The van der Waals surface area contributed by atoms with Crippen LogP contribution in [0.2, 0.25) is 0 Å². The zero-order valence-corrected chi connectivity index (χ0v) is 16.6. The smallest absolute Gasteiger partial charge is 0.262 e. The molecular formula is C23H21N5O2. The second kappa shape index (κ2) is 8.62. The lowest BCUT2D eigenvalue weighted by atomic mass is 10.0. The number of nitrogens with one attached hydrogen (secondary N) is 1. The summed E-state index contributed by atoms with van der Waals surface area (Å²) in [6, 6.07) is 18.8. The number of hydrogen-bond donors (Lipinski definition) is 1. The van der Waals surface area contributed by atoms with Gasteiger partial charge in [0, 0.05) is 30.5 Å². The molecule has 0 radical (unpaired) electrons. The van der Waals surface area contributed by atoms with E-state index >= 15 is 0 Å². The predicted molar refractivity (Wildman–Crippen MR) is 113 cm³/mol. The average Bonchev–Trinajstić information content (AvgIpc) is 2.77. The molecule has 1 aromatic heterocycles. The first kappa shape index (κ1) is 19.4. The number of hydrogen-bond acceptors (Lipinski definition) is 6. The highest BCUT2D eigenvalue weighted by Gasteiger charge is 2.19. The second-order valence-corrected chi connectivity index (χ2v) is 7.11. The molecule has 7 nitrogen and oxygen atoms in total. The number of aryl methyl sites for hydroxylation is 1. The highest BCUT2D eigenvalue weighted by molar-refractivity contribution is 5.91. The number of nitriles is 1. The molecule has 0 unspecified atom stereocenters. The quantitative estimate of drug-likeness (QED) is 0.708. The molecule has 2 aromatic carbocycles. The Morgan fingerprint density at radius 3 is 2.70 bits per heavy atom. The molecule has 4 rings (SSSR count). The third-order valence-electron chi connectivity index (χ3n) is 4.88. The number of carbonyl (C=O) groups excluding carboxylic acids is 1. The number of rotatable bonds is 5. The van der Waals surface area contributed by atoms with E-state index in [9.17, 15) is 4.79 Å². The summed E-state index contributed by atoms with van der Waals surface area (Å²) in [5, 5.41) is 11.6. The van der Waals surface area contributed by atoms with E-state index in [1.165, 1.54) is 11.1 Å². The Morgan fingerprint density at radius 1 is 1.17 bits per heavy atom. The van der Waals surface area contributed by atoms with Crippen LogP contribution >= 0.6 is 0 Å². The Hall–Kier alpha value is -3.92. The minimum atomic E-state index is -0.301. The van der Waals surface area contributed by atoms with Crippen molar-refractivity contribution in [1.82, 2.24) is 9.97 Å². The number of aromatic nitrogens is 2. The maximum atomic E-state index is 12.2. The lowest BCUT2D eigenvalue weighted by Gasteiger charge is -2.29. The summed E-state index contributed by atoms with van der Waals surface area (Å²) >= 11 is 0. The van der Waals surface area contributed by atoms with Gasteiger partial charge in [-0.2, -0.15) is 10.2 Å². The van der Waals surface area contributed by atoms with Gasteiger partial charge in [0.25, 0.3) is 5.91 Å². The van der Waals surface area contributed by atoms with E-state index in [-0.39, 0.29) is 12.5 Å². The van der Waals surface area contributed by atoms with Crippen molar-refractivity contribution in [3.63, 3.8) is 0 Å². The largest absolute Gasteiger partial charge is 0.467 e. The molecule has 0 spiro atoms. The maximum Gasteiger partial charge on any atom is 0.262 e. The molecule has 0 saturated carbocycles. The Kier molecular flexibility index (Phi) is 5.57. The van der Waals surface area contributed by atoms with Gasteiger partial charge >= 0.3 is 0 Å². The minimum absolute atomic E-state index is 0.168. The van der Waals surface area contributed by atoms with Gasteiger partial charge in [-0.05, 0) is 48.7 Å². The molecule has 0 fully saturated rings. The summed E-state index contributed by atoms with van der Waals surface area (Å²) in [5.74, 6) is 0.669. The van der Waals surface area contributed by atoms with Gasteiger partial charge in [0.15, 0.2) is 6.61 Å². The van der Waals surface area contributed by atoms with Crippen molar-refractivity contribution in [2.45, 2.75) is 19.9 Å². The van der Waals surface area contributed by atoms with Crippen LogP contribution < -0.4 is 15.0 Å². The van der Waals surface area contributed by atoms with Crippen LogP contribution in [0.4, 0.5) is 11.6 Å².